The molecule has 1 aliphatic heterocycles. The molecule has 2 aliphatic rings. The number of H-pyrrole nitrogens is 1. The molecule has 1 atom stereocenters. The minimum atomic E-state index is 0.0763. The number of aryl methyl sites for hydroxylation is 2. The fourth-order valence-electron chi connectivity index (χ4n) is 4.28. The number of aromatic amines is 1. The lowest BCUT2D eigenvalue weighted by Gasteiger charge is -2.36. The van der Waals surface area contributed by atoms with Crippen LogP contribution in [0.3, 0.4) is 0 Å². The van der Waals surface area contributed by atoms with Crippen LogP contribution in [-0.4, -0.2) is 48.0 Å². The van der Waals surface area contributed by atoms with Crippen molar-refractivity contribution in [3.05, 3.63) is 45.2 Å². The third-order valence-corrected chi connectivity index (χ3v) is 5.74. The van der Waals surface area contributed by atoms with Crippen LogP contribution in [0.25, 0.3) is 10.9 Å². The summed E-state index contributed by atoms with van der Waals surface area (Å²) in [5.74, 6) is 0. The van der Waals surface area contributed by atoms with Crippen LogP contribution in [0.1, 0.15) is 36.0 Å². The maximum atomic E-state index is 12.5. The van der Waals surface area contributed by atoms with Gasteiger partial charge in [0.1, 0.15) is 0 Å². The third kappa shape index (κ3) is 3.01. The molecule has 1 aliphatic carbocycles. The Bertz CT molecular complexity index is 808. The second-order valence-corrected chi connectivity index (χ2v) is 7.68. The first-order chi connectivity index (χ1) is 11.6. The van der Waals surface area contributed by atoms with E-state index in [1.165, 1.54) is 42.2 Å². The Hall–Kier alpha value is -1.65. The number of nitrogens with zero attached hydrogens (tertiary/aromatic N) is 2. The first-order valence-corrected chi connectivity index (χ1v) is 9.16. The smallest absolute Gasteiger partial charge is 0.252 e. The molecule has 1 saturated heterocycles. The number of likely N-dealkylation sites (N-methyl/N-ethyl adjacent to an activating group) is 1. The number of hydrogen-bond acceptors (Lipinski definition) is 3. The first-order valence-electron chi connectivity index (χ1n) is 9.16. The molecule has 0 amide bonds. The first kappa shape index (κ1) is 15.9. The lowest BCUT2D eigenvalue weighted by molar-refractivity contribution is 0.127. The summed E-state index contributed by atoms with van der Waals surface area (Å²) in [6, 6.07) is 7.19. The molecule has 2 aromatic rings. The van der Waals surface area contributed by atoms with Crippen LogP contribution in [0.15, 0.2) is 23.0 Å². The largest absolute Gasteiger partial charge is 0.322 e. The number of piperidine rings is 1. The van der Waals surface area contributed by atoms with E-state index in [0.29, 0.717) is 6.04 Å². The molecule has 0 bridgehead atoms. The second-order valence-electron chi connectivity index (χ2n) is 7.68. The molecular weight excluding hydrogens is 298 g/mol. The summed E-state index contributed by atoms with van der Waals surface area (Å²) in [5.41, 5.74) is 4.85. The van der Waals surface area contributed by atoms with Gasteiger partial charge < -0.3 is 9.88 Å². The predicted octanol–water partition coefficient (Wildman–Crippen LogP) is 2.54. The SMILES string of the molecule is CN(C)C1CCCN(Cc2cc3cc4c(cc3[nH]c2=O)CCC4)C1. The van der Waals surface area contributed by atoms with Gasteiger partial charge in [0.05, 0.1) is 0 Å². The molecule has 0 spiro atoms. The van der Waals surface area contributed by atoms with Crippen LogP contribution in [0.2, 0.25) is 0 Å². The van der Waals surface area contributed by atoms with Crippen molar-refractivity contribution in [2.24, 2.45) is 0 Å². The van der Waals surface area contributed by atoms with Crippen LogP contribution in [0.5, 0.6) is 0 Å². The van der Waals surface area contributed by atoms with Gasteiger partial charge in [0.25, 0.3) is 5.56 Å². The fraction of sp³-hybridized carbons (Fsp3) is 0.550. The third-order valence-electron chi connectivity index (χ3n) is 5.74. The minimum absolute atomic E-state index is 0.0763. The van der Waals surface area contributed by atoms with E-state index >= 15 is 0 Å². The molecular formula is C20H27N3O. The van der Waals surface area contributed by atoms with Gasteiger partial charge in [-0.1, -0.05) is 0 Å². The second kappa shape index (κ2) is 6.34. The molecule has 4 nitrogen and oxygen atoms in total. The number of aromatic nitrogens is 1. The van der Waals surface area contributed by atoms with Crippen LogP contribution >= 0.6 is 0 Å². The fourth-order valence-corrected chi connectivity index (χ4v) is 4.28. The summed E-state index contributed by atoms with van der Waals surface area (Å²) in [5, 5.41) is 1.19. The Morgan fingerprint density at radius 1 is 1.17 bits per heavy atom. The number of nitrogens with one attached hydrogen (secondary N) is 1. The van der Waals surface area contributed by atoms with Gasteiger partial charge in [0, 0.05) is 30.2 Å². The maximum Gasteiger partial charge on any atom is 0.252 e. The lowest BCUT2D eigenvalue weighted by atomic mass is 10.0. The molecule has 1 unspecified atom stereocenters. The van der Waals surface area contributed by atoms with Crippen molar-refractivity contribution in [3.63, 3.8) is 0 Å². The highest BCUT2D eigenvalue weighted by Gasteiger charge is 2.22. The minimum Gasteiger partial charge on any atom is -0.322 e. The Morgan fingerprint density at radius 2 is 1.96 bits per heavy atom. The van der Waals surface area contributed by atoms with Crippen molar-refractivity contribution in [2.45, 2.75) is 44.7 Å². The molecule has 4 heteroatoms. The monoisotopic (exact) mass is 325 g/mol. The summed E-state index contributed by atoms with van der Waals surface area (Å²) in [6.07, 6.45) is 6.03. The van der Waals surface area contributed by atoms with E-state index in [-0.39, 0.29) is 5.56 Å². The molecule has 0 radical (unpaired) electrons. The van der Waals surface area contributed by atoms with Gasteiger partial charge in [-0.05, 0) is 87.5 Å². The Balaban J connectivity index is 1.61. The van der Waals surface area contributed by atoms with Crippen molar-refractivity contribution in [1.29, 1.82) is 0 Å². The maximum absolute atomic E-state index is 12.5. The normalized spacial score (nSPS) is 21.5. The quantitative estimate of drug-likeness (QED) is 0.943. The van der Waals surface area contributed by atoms with Gasteiger partial charge in [-0.2, -0.15) is 0 Å². The van der Waals surface area contributed by atoms with Crippen molar-refractivity contribution >= 4 is 10.9 Å². The molecule has 1 aromatic carbocycles. The summed E-state index contributed by atoms with van der Waals surface area (Å²) in [7, 11) is 4.30. The molecule has 1 fully saturated rings. The van der Waals surface area contributed by atoms with Gasteiger partial charge in [-0.25, -0.2) is 0 Å². The van der Waals surface area contributed by atoms with Gasteiger partial charge in [-0.3, -0.25) is 9.69 Å². The molecule has 0 saturated carbocycles. The Morgan fingerprint density at radius 3 is 2.75 bits per heavy atom. The number of rotatable bonds is 3. The highest BCUT2D eigenvalue weighted by Crippen LogP contribution is 2.26. The van der Waals surface area contributed by atoms with Crippen molar-refractivity contribution in [3.8, 4) is 0 Å². The molecule has 1 aromatic heterocycles. The van der Waals surface area contributed by atoms with Crippen LogP contribution in [0.4, 0.5) is 0 Å². The van der Waals surface area contributed by atoms with E-state index in [2.05, 4.69) is 47.1 Å². The average molecular weight is 325 g/mol. The van der Waals surface area contributed by atoms with Crippen molar-refractivity contribution in [1.82, 2.24) is 14.8 Å². The average Bonchev–Trinajstić information content (AvgIpc) is 3.01. The van der Waals surface area contributed by atoms with Crippen LogP contribution < -0.4 is 5.56 Å². The molecule has 2 heterocycles. The van der Waals surface area contributed by atoms with Crippen LogP contribution in [-0.2, 0) is 19.4 Å². The van der Waals surface area contributed by atoms with E-state index in [4.69, 9.17) is 0 Å². The van der Waals surface area contributed by atoms with Gasteiger partial charge in [0.2, 0.25) is 0 Å². The van der Waals surface area contributed by atoms with E-state index in [1.54, 1.807) is 0 Å². The number of pyridine rings is 1. The highest BCUT2D eigenvalue weighted by atomic mass is 16.1. The number of hydrogen-bond donors (Lipinski definition) is 1. The number of fused-ring (bicyclic) bond motifs is 2. The summed E-state index contributed by atoms with van der Waals surface area (Å²) in [4.78, 5) is 20.4. The summed E-state index contributed by atoms with van der Waals surface area (Å²) in [6.45, 7) is 2.90. The van der Waals surface area contributed by atoms with Crippen molar-refractivity contribution in [2.75, 3.05) is 27.2 Å². The Kier molecular flexibility index (Phi) is 4.19. The standard InChI is InChI=1S/C20H27N3O/c1-22(2)18-7-4-8-23(13-18)12-17-10-16-9-14-5-3-6-15(14)11-19(16)21-20(17)24/h9-11,18H,3-8,12-13H2,1-2H3,(H,21,24). The van der Waals surface area contributed by atoms with E-state index < -0.39 is 0 Å². The zero-order valence-corrected chi connectivity index (χ0v) is 14.8. The van der Waals surface area contributed by atoms with Gasteiger partial charge in [0.15, 0.2) is 0 Å². The number of benzene rings is 1. The van der Waals surface area contributed by atoms with E-state index in [1.807, 2.05) is 0 Å². The van der Waals surface area contributed by atoms with E-state index in [0.717, 1.165) is 37.1 Å². The molecule has 1 N–H and O–H groups in total. The number of likely N-dealkylation sites (tertiary alicyclic amines) is 1. The van der Waals surface area contributed by atoms with Crippen molar-refractivity contribution < 1.29 is 0 Å². The van der Waals surface area contributed by atoms with Crippen LogP contribution in [0, 0.1) is 0 Å². The molecule has 4 rings (SSSR count). The zero-order chi connectivity index (χ0) is 16.7. The molecule has 24 heavy (non-hydrogen) atoms. The predicted molar refractivity (Wildman–Crippen MR) is 98.6 cm³/mol. The summed E-state index contributed by atoms with van der Waals surface area (Å²) >= 11 is 0. The topological polar surface area (TPSA) is 39.3 Å². The molecule has 128 valence electrons. The summed E-state index contributed by atoms with van der Waals surface area (Å²) < 4.78 is 0. The Labute approximate surface area is 143 Å². The zero-order valence-electron chi connectivity index (χ0n) is 14.8. The highest BCUT2D eigenvalue weighted by molar-refractivity contribution is 5.81. The van der Waals surface area contributed by atoms with E-state index in [9.17, 15) is 4.79 Å². The van der Waals surface area contributed by atoms with Gasteiger partial charge >= 0.3 is 0 Å². The van der Waals surface area contributed by atoms with Gasteiger partial charge in [-0.15, -0.1) is 0 Å². The lowest BCUT2D eigenvalue weighted by Crippen LogP contribution is -2.45.